The second kappa shape index (κ2) is 9.13. The zero-order valence-corrected chi connectivity index (χ0v) is 16.7. The Kier molecular flexibility index (Phi) is 6.60. The number of benzene rings is 2. The summed E-state index contributed by atoms with van der Waals surface area (Å²) in [5.41, 5.74) is 0. The molecular formula is C22H25ClN2O3. The highest BCUT2D eigenvalue weighted by atomic mass is 35.5. The lowest BCUT2D eigenvalue weighted by Gasteiger charge is -2.31. The molecule has 0 atom stereocenters. The van der Waals surface area contributed by atoms with Crippen molar-refractivity contribution in [3.05, 3.63) is 66.1 Å². The summed E-state index contributed by atoms with van der Waals surface area (Å²) >= 11 is 0. The van der Waals surface area contributed by atoms with Crippen LogP contribution in [0.3, 0.4) is 0 Å². The Hall–Kier alpha value is -2.50. The van der Waals surface area contributed by atoms with Crippen molar-refractivity contribution in [2.45, 2.75) is 25.5 Å². The molecule has 3 aromatic rings. The van der Waals surface area contributed by atoms with Crippen LogP contribution in [0.2, 0.25) is 0 Å². The molecule has 1 aliphatic heterocycles. The topological polar surface area (TPSA) is 54.7 Å². The first-order valence-electron chi connectivity index (χ1n) is 9.40. The van der Waals surface area contributed by atoms with Crippen molar-refractivity contribution in [1.82, 2.24) is 10.2 Å². The quantitative estimate of drug-likeness (QED) is 0.695. The third-order valence-corrected chi connectivity index (χ3v) is 5.16. The van der Waals surface area contributed by atoms with Crippen LogP contribution in [0.15, 0.2) is 59.0 Å². The molecule has 28 heavy (non-hydrogen) atoms. The van der Waals surface area contributed by atoms with E-state index in [2.05, 4.69) is 17.4 Å². The first-order valence-corrected chi connectivity index (χ1v) is 9.40. The zero-order valence-electron chi connectivity index (χ0n) is 15.9. The summed E-state index contributed by atoms with van der Waals surface area (Å²) in [5, 5.41) is 5.59. The molecule has 0 bridgehead atoms. The number of halogens is 1. The number of likely N-dealkylation sites (tertiary alicyclic amines) is 1. The molecule has 0 spiro atoms. The van der Waals surface area contributed by atoms with Gasteiger partial charge in [-0.25, -0.2) is 0 Å². The van der Waals surface area contributed by atoms with Gasteiger partial charge in [0.2, 0.25) is 0 Å². The average molecular weight is 401 g/mol. The van der Waals surface area contributed by atoms with Crippen LogP contribution in [0.5, 0.6) is 5.75 Å². The van der Waals surface area contributed by atoms with E-state index in [9.17, 15) is 4.79 Å². The summed E-state index contributed by atoms with van der Waals surface area (Å²) in [6.45, 7) is 1.81. The third kappa shape index (κ3) is 4.49. The van der Waals surface area contributed by atoms with Gasteiger partial charge in [-0.2, -0.15) is 0 Å². The van der Waals surface area contributed by atoms with E-state index in [1.807, 2.05) is 48.3 Å². The Bertz CT molecular complexity index is 932. The van der Waals surface area contributed by atoms with Gasteiger partial charge in [0.15, 0.2) is 5.76 Å². The number of nitrogens with zero attached hydrogens (tertiary/aromatic N) is 1. The SMILES string of the molecule is CNC1CCN(C(=O)c2ccc(COc3ccc4ccccc4c3)o2)CC1.Cl. The number of rotatable bonds is 5. The molecule has 6 heteroatoms. The van der Waals surface area contributed by atoms with Gasteiger partial charge in [0.05, 0.1) is 0 Å². The largest absolute Gasteiger partial charge is 0.486 e. The molecule has 1 aromatic heterocycles. The first-order chi connectivity index (χ1) is 13.2. The number of piperidine rings is 1. The zero-order chi connectivity index (χ0) is 18.6. The van der Waals surface area contributed by atoms with E-state index in [0.29, 0.717) is 24.2 Å². The van der Waals surface area contributed by atoms with Gasteiger partial charge in [-0.3, -0.25) is 4.79 Å². The number of nitrogens with one attached hydrogen (secondary N) is 1. The van der Waals surface area contributed by atoms with Crippen LogP contribution >= 0.6 is 12.4 Å². The molecule has 1 saturated heterocycles. The van der Waals surface area contributed by atoms with Crippen LogP contribution < -0.4 is 10.1 Å². The van der Waals surface area contributed by atoms with Gasteiger partial charge in [-0.05, 0) is 54.9 Å². The maximum atomic E-state index is 12.6. The van der Waals surface area contributed by atoms with Crippen LogP contribution in [-0.4, -0.2) is 37.0 Å². The summed E-state index contributed by atoms with van der Waals surface area (Å²) in [4.78, 5) is 14.5. The standard InChI is InChI=1S/C22H24N2O3.ClH/c1-23-18-10-12-24(13-11-18)22(25)21-9-8-20(27-21)15-26-19-7-6-16-4-2-3-5-17(16)14-19;/h2-9,14,18,23H,10-13,15H2,1H3;1H. The van der Waals surface area contributed by atoms with Crippen molar-refractivity contribution >= 4 is 29.1 Å². The maximum Gasteiger partial charge on any atom is 0.289 e. The molecule has 1 fully saturated rings. The molecule has 1 N–H and O–H groups in total. The number of amides is 1. The minimum Gasteiger partial charge on any atom is -0.486 e. The van der Waals surface area contributed by atoms with E-state index in [1.54, 1.807) is 6.07 Å². The lowest BCUT2D eigenvalue weighted by molar-refractivity contribution is 0.0671. The van der Waals surface area contributed by atoms with Crippen molar-refractivity contribution in [3.63, 3.8) is 0 Å². The van der Waals surface area contributed by atoms with Crippen LogP contribution in [0.1, 0.15) is 29.2 Å². The van der Waals surface area contributed by atoms with E-state index >= 15 is 0 Å². The molecule has 2 aromatic carbocycles. The van der Waals surface area contributed by atoms with E-state index < -0.39 is 0 Å². The second-order valence-corrected chi connectivity index (χ2v) is 6.92. The van der Waals surface area contributed by atoms with Gasteiger partial charge < -0.3 is 19.4 Å². The molecule has 4 rings (SSSR count). The normalized spacial score (nSPS) is 14.7. The molecule has 0 saturated carbocycles. The van der Waals surface area contributed by atoms with Gasteiger partial charge in [-0.15, -0.1) is 12.4 Å². The lowest BCUT2D eigenvalue weighted by Crippen LogP contribution is -2.43. The predicted molar refractivity (Wildman–Crippen MR) is 112 cm³/mol. The number of carbonyl (C=O) groups excluding carboxylic acids is 1. The summed E-state index contributed by atoms with van der Waals surface area (Å²) in [6.07, 6.45) is 1.95. The molecular weight excluding hydrogens is 376 g/mol. The fourth-order valence-electron chi connectivity index (χ4n) is 3.51. The molecule has 0 radical (unpaired) electrons. The van der Waals surface area contributed by atoms with Gasteiger partial charge in [0.25, 0.3) is 5.91 Å². The Morgan fingerprint density at radius 3 is 2.61 bits per heavy atom. The highest BCUT2D eigenvalue weighted by Gasteiger charge is 2.24. The highest BCUT2D eigenvalue weighted by Crippen LogP contribution is 2.22. The van der Waals surface area contributed by atoms with Gasteiger partial charge >= 0.3 is 0 Å². The molecule has 2 heterocycles. The molecule has 148 valence electrons. The number of fused-ring (bicyclic) bond motifs is 1. The molecule has 0 unspecified atom stereocenters. The first kappa shape index (κ1) is 20.2. The third-order valence-electron chi connectivity index (χ3n) is 5.16. The number of ether oxygens (including phenoxy) is 1. The lowest BCUT2D eigenvalue weighted by atomic mass is 10.1. The number of hydrogen-bond acceptors (Lipinski definition) is 4. The Balaban J connectivity index is 0.00000225. The monoisotopic (exact) mass is 400 g/mol. The van der Waals surface area contributed by atoms with E-state index in [1.165, 1.54) is 5.39 Å². The average Bonchev–Trinajstić information content (AvgIpc) is 3.20. The van der Waals surface area contributed by atoms with E-state index in [-0.39, 0.29) is 18.3 Å². The van der Waals surface area contributed by atoms with Crippen LogP contribution in [-0.2, 0) is 6.61 Å². The summed E-state index contributed by atoms with van der Waals surface area (Å²) in [7, 11) is 1.97. The Labute approximate surface area is 171 Å². The molecule has 0 aliphatic carbocycles. The van der Waals surface area contributed by atoms with Gasteiger partial charge in [0.1, 0.15) is 18.1 Å². The molecule has 1 amide bonds. The van der Waals surface area contributed by atoms with Crippen LogP contribution in [0.4, 0.5) is 0 Å². The smallest absolute Gasteiger partial charge is 0.289 e. The number of furan rings is 1. The maximum absolute atomic E-state index is 12.6. The second-order valence-electron chi connectivity index (χ2n) is 6.92. The molecule has 5 nitrogen and oxygen atoms in total. The molecule has 1 aliphatic rings. The minimum atomic E-state index is -0.0403. The highest BCUT2D eigenvalue weighted by molar-refractivity contribution is 5.91. The van der Waals surface area contributed by atoms with Gasteiger partial charge in [0, 0.05) is 19.1 Å². The summed E-state index contributed by atoms with van der Waals surface area (Å²) < 4.78 is 11.6. The van der Waals surface area contributed by atoms with Crippen LogP contribution in [0.25, 0.3) is 10.8 Å². The fraction of sp³-hybridized carbons (Fsp3) is 0.318. The Morgan fingerprint density at radius 1 is 1.11 bits per heavy atom. The number of hydrogen-bond donors (Lipinski definition) is 1. The minimum absolute atomic E-state index is 0. The Morgan fingerprint density at radius 2 is 1.86 bits per heavy atom. The van der Waals surface area contributed by atoms with E-state index in [4.69, 9.17) is 9.15 Å². The van der Waals surface area contributed by atoms with Crippen molar-refractivity contribution < 1.29 is 13.9 Å². The summed E-state index contributed by atoms with van der Waals surface area (Å²) in [5.74, 6) is 1.78. The van der Waals surface area contributed by atoms with E-state index in [0.717, 1.165) is 37.1 Å². The fourth-order valence-corrected chi connectivity index (χ4v) is 3.51. The van der Waals surface area contributed by atoms with Crippen molar-refractivity contribution in [1.29, 1.82) is 0 Å². The van der Waals surface area contributed by atoms with Crippen molar-refractivity contribution in [2.75, 3.05) is 20.1 Å². The van der Waals surface area contributed by atoms with Crippen LogP contribution in [0, 0.1) is 0 Å². The number of carbonyl (C=O) groups is 1. The van der Waals surface area contributed by atoms with Crippen molar-refractivity contribution in [2.24, 2.45) is 0 Å². The summed E-state index contributed by atoms with van der Waals surface area (Å²) in [6, 6.07) is 18.2. The van der Waals surface area contributed by atoms with Gasteiger partial charge in [-0.1, -0.05) is 30.3 Å². The predicted octanol–water partition coefficient (Wildman–Crippen LogP) is 4.26. The van der Waals surface area contributed by atoms with Crippen molar-refractivity contribution in [3.8, 4) is 5.75 Å².